The number of carbonyl (C=O) groups is 2. The Kier molecular flexibility index (Phi) is 4.04. The van der Waals surface area contributed by atoms with Gasteiger partial charge >= 0.3 is 0 Å². The van der Waals surface area contributed by atoms with Crippen molar-refractivity contribution in [3.8, 4) is 0 Å². The number of primary amides is 1. The average molecular weight is 322 g/mol. The van der Waals surface area contributed by atoms with Crippen molar-refractivity contribution >= 4 is 23.1 Å². The lowest BCUT2D eigenvalue weighted by molar-refractivity contribution is 0.0997. The lowest BCUT2D eigenvalue weighted by atomic mass is 10.2. The van der Waals surface area contributed by atoms with Crippen LogP contribution in [0.2, 0.25) is 0 Å². The number of carbonyl (C=O) groups excluding carboxylic acids is 2. The molecule has 3 N–H and O–H groups in total. The van der Waals surface area contributed by atoms with Crippen LogP contribution in [0.25, 0.3) is 5.65 Å². The second kappa shape index (κ2) is 6.16. The van der Waals surface area contributed by atoms with Crippen molar-refractivity contribution in [2.75, 3.05) is 5.32 Å². The molecule has 6 nitrogen and oxygen atoms in total. The molecule has 0 bridgehead atoms. The number of aryl methyl sites for hydroxylation is 2. The molecule has 2 heterocycles. The topological polar surface area (TPSA) is 89.5 Å². The fraction of sp³-hybridized carbons (Fsp3) is 0.167. The Morgan fingerprint density at radius 2 is 1.92 bits per heavy atom. The minimum atomic E-state index is -0.501. The number of nitrogens with two attached hydrogens (primary N) is 1. The average Bonchev–Trinajstić information content (AvgIpc) is 2.95. The standard InChI is InChI=1S/C18H18N4O2/c1-3-14-15(22-10-4-5-11(2)17(22)21-14)18(24)20-13-8-6-12(7-9-13)16(19)23/h4-10H,3H2,1-2H3,(H2,19,23)(H,20,24). The first kappa shape index (κ1) is 15.7. The number of nitrogens with one attached hydrogen (secondary N) is 1. The van der Waals surface area contributed by atoms with Gasteiger partial charge in [-0.25, -0.2) is 4.98 Å². The van der Waals surface area contributed by atoms with Gasteiger partial charge in [0, 0.05) is 17.4 Å². The molecule has 1 aromatic carbocycles. The highest BCUT2D eigenvalue weighted by molar-refractivity contribution is 6.05. The Morgan fingerprint density at radius 3 is 2.54 bits per heavy atom. The third kappa shape index (κ3) is 2.74. The molecule has 0 fully saturated rings. The number of imidazole rings is 1. The van der Waals surface area contributed by atoms with Crippen LogP contribution in [0.3, 0.4) is 0 Å². The van der Waals surface area contributed by atoms with E-state index in [0.717, 1.165) is 16.9 Å². The van der Waals surface area contributed by atoms with E-state index < -0.39 is 5.91 Å². The Bertz CT molecular complexity index is 926. The minimum Gasteiger partial charge on any atom is -0.366 e. The van der Waals surface area contributed by atoms with E-state index in [0.29, 0.717) is 23.4 Å². The van der Waals surface area contributed by atoms with Gasteiger partial charge < -0.3 is 11.1 Å². The zero-order chi connectivity index (χ0) is 17.3. The normalized spacial score (nSPS) is 10.8. The van der Waals surface area contributed by atoms with Crippen LogP contribution in [-0.4, -0.2) is 21.2 Å². The van der Waals surface area contributed by atoms with Gasteiger partial charge in [0.25, 0.3) is 5.91 Å². The number of pyridine rings is 1. The summed E-state index contributed by atoms with van der Waals surface area (Å²) in [5.74, 6) is -0.741. The maximum absolute atomic E-state index is 12.7. The molecule has 3 aromatic rings. The molecule has 0 aliphatic carbocycles. The van der Waals surface area contributed by atoms with E-state index >= 15 is 0 Å². The molecule has 0 aliphatic heterocycles. The predicted molar refractivity (Wildman–Crippen MR) is 92.2 cm³/mol. The van der Waals surface area contributed by atoms with Gasteiger partial charge in [-0.2, -0.15) is 0 Å². The number of aromatic nitrogens is 2. The van der Waals surface area contributed by atoms with Crippen LogP contribution in [-0.2, 0) is 6.42 Å². The van der Waals surface area contributed by atoms with E-state index in [1.165, 1.54) is 0 Å². The summed E-state index contributed by atoms with van der Waals surface area (Å²) in [6, 6.07) is 10.3. The SMILES string of the molecule is CCc1nc2c(C)cccn2c1C(=O)Nc1ccc(C(N)=O)cc1. The highest BCUT2D eigenvalue weighted by Crippen LogP contribution is 2.18. The third-order valence-corrected chi connectivity index (χ3v) is 3.89. The van der Waals surface area contributed by atoms with Crippen molar-refractivity contribution in [3.63, 3.8) is 0 Å². The molecule has 0 radical (unpaired) electrons. The second-order valence-corrected chi connectivity index (χ2v) is 5.54. The molecule has 0 saturated carbocycles. The van der Waals surface area contributed by atoms with E-state index in [2.05, 4.69) is 10.3 Å². The van der Waals surface area contributed by atoms with Gasteiger partial charge in [-0.1, -0.05) is 13.0 Å². The molecule has 0 saturated heterocycles. The summed E-state index contributed by atoms with van der Waals surface area (Å²) in [4.78, 5) is 28.4. The van der Waals surface area contributed by atoms with E-state index in [4.69, 9.17) is 5.73 Å². The number of nitrogens with zero attached hydrogens (tertiary/aromatic N) is 2. The fourth-order valence-corrected chi connectivity index (χ4v) is 2.65. The van der Waals surface area contributed by atoms with E-state index in [1.807, 2.05) is 32.2 Å². The van der Waals surface area contributed by atoms with Crippen LogP contribution < -0.4 is 11.1 Å². The van der Waals surface area contributed by atoms with E-state index in [1.54, 1.807) is 28.7 Å². The Balaban J connectivity index is 1.96. The maximum Gasteiger partial charge on any atom is 0.274 e. The lowest BCUT2D eigenvalue weighted by Gasteiger charge is -2.07. The van der Waals surface area contributed by atoms with E-state index in [9.17, 15) is 9.59 Å². The number of rotatable bonds is 4. The number of hydrogen-bond acceptors (Lipinski definition) is 3. The second-order valence-electron chi connectivity index (χ2n) is 5.54. The zero-order valence-electron chi connectivity index (χ0n) is 13.5. The highest BCUT2D eigenvalue weighted by atomic mass is 16.2. The molecule has 2 aromatic heterocycles. The van der Waals surface area contributed by atoms with Gasteiger partial charge in [0.05, 0.1) is 5.69 Å². The first-order valence-corrected chi connectivity index (χ1v) is 7.69. The summed E-state index contributed by atoms with van der Waals surface area (Å²) in [6.45, 7) is 3.93. The largest absolute Gasteiger partial charge is 0.366 e. The molecular formula is C18H18N4O2. The molecule has 2 amide bonds. The summed E-state index contributed by atoms with van der Waals surface area (Å²) >= 11 is 0. The van der Waals surface area contributed by atoms with Gasteiger partial charge in [0.15, 0.2) is 0 Å². The third-order valence-electron chi connectivity index (χ3n) is 3.89. The van der Waals surface area contributed by atoms with Crippen LogP contribution in [0.1, 0.15) is 39.0 Å². The van der Waals surface area contributed by atoms with Gasteiger partial charge in [-0.15, -0.1) is 0 Å². The predicted octanol–water partition coefficient (Wildman–Crippen LogP) is 2.56. The van der Waals surface area contributed by atoms with Crippen molar-refractivity contribution < 1.29 is 9.59 Å². The summed E-state index contributed by atoms with van der Waals surface area (Å²) in [5.41, 5.74) is 9.27. The fourth-order valence-electron chi connectivity index (χ4n) is 2.65. The molecule has 0 aliphatic rings. The number of benzene rings is 1. The van der Waals surface area contributed by atoms with Gasteiger partial charge in [0.2, 0.25) is 5.91 Å². The monoisotopic (exact) mass is 322 g/mol. The summed E-state index contributed by atoms with van der Waals surface area (Å²) in [5, 5.41) is 2.84. The smallest absolute Gasteiger partial charge is 0.274 e. The highest BCUT2D eigenvalue weighted by Gasteiger charge is 2.19. The minimum absolute atomic E-state index is 0.239. The van der Waals surface area contributed by atoms with Gasteiger partial charge in [0.1, 0.15) is 11.3 Å². The van der Waals surface area contributed by atoms with Crippen LogP contribution in [0.15, 0.2) is 42.6 Å². The molecule has 6 heteroatoms. The molecule has 0 unspecified atom stereocenters. The van der Waals surface area contributed by atoms with Crippen LogP contribution in [0.4, 0.5) is 5.69 Å². The van der Waals surface area contributed by atoms with Crippen molar-refractivity contribution in [1.29, 1.82) is 0 Å². The van der Waals surface area contributed by atoms with Crippen molar-refractivity contribution in [1.82, 2.24) is 9.38 Å². The quantitative estimate of drug-likeness (QED) is 0.773. The molecule has 3 rings (SSSR count). The zero-order valence-corrected chi connectivity index (χ0v) is 13.5. The Morgan fingerprint density at radius 1 is 1.21 bits per heavy atom. The maximum atomic E-state index is 12.7. The lowest BCUT2D eigenvalue weighted by Crippen LogP contribution is -2.16. The van der Waals surface area contributed by atoms with Crippen LogP contribution in [0.5, 0.6) is 0 Å². The van der Waals surface area contributed by atoms with Gasteiger partial charge in [-0.3, -0.25) is 14.0 Å². The molecule has 0 atom stereocenters. The molecular weight excluding hydrogens is 304 g/mol. The molecule has 0 spiro atoms. The summed E-state index contributed by atoms with van der Waals surface area (Å²) < 4.78 is 1.81. The Hall–Kier alpha value is -3.15. The van der Waals surface area contributed by atoms with E-state index in [-0.39, 0.29) is 5.91 Å². The first-order chi connectivity index (χ1) is 11.5. The number of hydrogen-bond donors (Lipinski definition) is 2. The van der Waals surface area contributed by atoms with Gasteiger partial charge in [-0.05, 0) is 49.2 Å². The number of anilines is 1. The Labute approximate surface area is 139 Å². The first-order valence-electron chi connectivity index (χ1n) is 7.69. The van der Waals surface area contributed by atoms with Crippen LogP contribution >= 0.6 is 0 Å². The van der Waals surface area contributed by atoms with Crippen molar-refractivity contribution in [2.45, 2.75) is 20.3 Å². The van der Waals surface area contributed by atoms with Crippen molar-refractivity contribution in [2.24, 2.45) is 5.73 Å². The summed E-state index contributed by atoms with van der Waals surface area (Å²) in [6.07, 6.45) is 2.49. The number of amides is 2. The summed E-state index contributed by atoms with van der Waals surface area (Å²) in [7, 11) is 0. The molecule has 122 valence electrons. The van der Waals surface area contributed by atoms with Crippen LogP contribution in [0, 0.1) is 6.92 Å². The van der Waals surface area contributed by atoms with Crippen molar-refractivity contribution in [3.05, 3.63) is 65.1 Å². The number of fused-ring (bicyclic) bond motifs is 1. The molecule has 24 heavy (non-hydrogen) atoms.